The first-order valence-corrected chi connectivity index (χ1v) is 12.7. The zero-order valence-electron chi connectivity index (χ0n) is 19.7. The van der Waals surface area contributed by atoms with Gasteiger partial charge in [0.2, 0.25) is 0 Å². The highest BCUT2D eigenvalue weighted by Crippen LogP contribution is 2.31. The lowest BCUT2D eigenvalue weighted by Gasteiger charge is -2.17. The van der Waals surface area contributed by atoms with E-state index in [2.05, 4.69) is 32.8 Å². The van der Waals surface area contributed by atoms with E-state index >= 15 is 0 Å². The van der Waals surface area contributed by atoms with Crippen LogP contribution in [-0.2, 0) is 28.8 Å². The fourth-order valence-corrected chi connectivity index (χ4v) is 5.04. The molecule has 0 spiro atoms. The molecule has 1 aliphatic heterocycles. The van der Waals surface area contributed by atoms with Crippen LogP contribution in [0.25, 0.3) is 0 Å². The van der Waals surface area contributed by atoms with Gasteiger partial charge in [-0.25, -0.2) is 19.9 Å². The molecule has 0 fully saturated rings. The van der Waals surface area contributed by atoms with Crippen LogP contribution in [0, 0.1) is 0 Å². The molecule has 4 rings (SSSR count). The SMILES string of the molecule is CCOC(=O)CC(c1cnc(OC)nc1)c1nc(CCCCc2ccc3c(n2)NCCC3)cs1. The molecule has 0 aromatic carbocycles. The number of esters is 1. The van der Waals surface area contributed by atoms with Gasteiger partial charge in [-0.3, -0.25) is 4.79 Å². The van der Waals surface area contributed by atoms with Gasteiger partial charge in [0.05, 0.1) is 25.8 Å². The molecule has 9 heteroatoms. The number of carbonyl (C=O) groups is 1. The van der Waals surface area contributed by atoms with Gasteiger partial charge < -0.3 is 14.8 Å². The number of ether oxygens (including phenoxy) is 2. The number of pyridine rings is 1. The topological polar surface area (TPSA) is 99.1 Å². The molecule has 0 amide bonds. The number of rotatable bonds is 11. The minimum absolute atomic E-state index is 0.203. The van der Waals surface area contributed by atoms with Crippen LogP contribution < -0.4 is 10.1 Å². The number of nitrogens with zero attached hydrogens (tertiary/aromatic N) is 4. The fraction of sp³-hybridized carbons (Fsp3) is 0.480. The third-order valence-electron chi connectivity index (χ3n) is 5.84. The van der Waals surface area contributed by atoms with Gasteiger partial charge in [-0.1, -0.05) is 6.07 Å². The number of unbranched alkanes of at least 4 members (excludes halogenated alkanes) is 1. The molecule has 0 bridgehead atoms. The highest BCUT2D eigenvalue weighted by atomic mass is 32.1. The molecule has 1 aliphatic rings. The second kappa shape index (κ2) is 11.9. The Morgan fingerprint density at radius 1 is 1.15 bits per heavy atom. The summed E-state index contributed by atoms with van der Waals surface area (Å²) in [5.41, 5.74) is 4.33. The summed E-state index contributed by atoms with van der Waals surface area (Å²) >= 11 is 1.57. The van der Waals surface area contributed by atoms with E-state index in [1.807, 2.05) is 0 Å². The monoisotopic (exact) mass is 481 g/mol. The number of methoxy groups -OCH3 is 1. The molecule has 0 aliphatic carbocycles. The van der Waals surface area contributed by atoms with Crippen molar-refractivity contribution in [1.29, 1.82) is 0 Å². The number of hydrogen-bond acceptors (Lipinski definition) is 9. The summed E-state index contributed by atoms with van der Waals surface area (Å²) in [7, 11) is 1.52. The van der Waals surface area contributed by atoms with E-state index in [0.717, 1.165) is 66.4 Å². The largest absolute Gasteiger partial charge is 0.467 e. The van der Waals surface area contributed by atoms with Crippen molar-refractivity contribution >= 4 is 23.1 Å². The van der Waals surface area contributed by atoms with Gasteiger partial charge in [0.1, 0.15) is 10.8 Å². The van der Waals surface area contributed by atoms with Gasteiger partial charge in [0.15, 0.2) is 0 Å². The Hall–Kier alpha value is -3.07. The van der Waals surface area contributed by atoms with Gasteiger partial charge in [0, 0.05) is 35.9 Å². The maximum atomic E-state index is 12.2. The molecule has 34 heavy (non-hydrogen) atoms. The summed E-state index contributed by atoms with van der Waals surface area (Å²) in [6, 6.07) is 4.66. The summed E-state index contributed by atoms with van der Waals surface area (Å²) in [6.45, 7) is 3.17. The molecule has 0 saturated carbocycles. The van der Waals surface area contributed by atoms with E-state index in [-0.39, 0.29) is 18.3 Å². The van der Waals surface area contributed by atoms with Crippen molar-refractivity contribution in [2.45, 2.75) is 57.8 Å². The number of aromatic nitrogens is 4. The standard InChI is InChI=1S/C25H31N5O3S/c1-3-33-22(31)13-21(18-14-27-25(32-2)28-15-18)24-30-20(16-34-24)9-5-4-8-19-11-10-17-7-6-12-26-23(17)29-19/h10-11,14-16,21H,3-9,12-13H2,1-2H3,(H,26,29). The lowest BCUT2D eigenvalue weighted by molar-refractivity contribution is -0.143. The maximum Gasteiger partial charge on any atom is 0.316 e. The van der Waals surface area contributed by atoms with Gasteiger partial charge in [-0.05, 0) is 62.6 Å². The van der Waals surface area contributed by atoms with Gasteiger partial charge in [-0.2, -0.15) is 0 Å². The van der Waals surface area contributed by atoms with Crippen LogP contribution in [0.3, 0.4) is 0 Å². The predicted octanol–water partition coefficient (Wildman–Crippen LogP) is 4.35. The Bertz CT molecular complexity index is 1090. The van der Waals surface area contributed by atoms with E-state index < -0.39 is 0 Å². The summed E-state index contributed by atoms with van der Waals surface area (Å²) in [4.78, 5) is 30.3. The van der Waals surface area contributed by atoms with Crippen LogP contribution in [-0.4, -0.2) is 46.2 Å². The Morgan fingerprint density at radius 3 is 2.71 bits per heavy atom. The molecule has 1 atom stereocenters. The molecule has 3 aromatic rings. The predicted molar refractivity (Wildman–Crippen MR) is 131 cm³/mol. The smallest absolute Gasteiger partial charge is 0.316 e. The molecule has 0 saturated heterocycles. The molecule has 3 aromatic heterocycles. The molecular formula is C25H31N5O3S. The number of carbonyl (C=O) groups excluding carboxylic acids is 1. The van der Waals surface area contributed by atoms with Crippen LogP contribution in [0.2, 0.25) is 0 Å². The minimum atomic E-state index is -0.257. The van der Waals surface area contributed by atoms with Crippen molar-refractivity contribution in [3.63, 3.8) is 0 Å². The van der Waals surface area contributed by atoms with Crippen molar-refractivity contribution < 1.29 is 14.3 Å². The average molecular weight is 482 g/mol. The number of nitrogens with one attached hydrogen (secondary N) is 1. The third-order valence-corrected chi connectivity index (χ3v) is 6.85. The summed E-state index contributed by atoms with van der Waals surface area (Å²) in [5.74, 6) is 0.561. The number of anilines is 1. The summed E-state index contributed by atoms with van der Waals surface area (Å²) < 4.78 is 10.2. The highest BCUT2D eigenvalue weighted by Gasteiger charge is 2.23. The van der Waals surface area contributed by atoms with E-state index in [0.29, 0.717) is 12.6 Å². The zero-order valence-corrected chi connectivity index (χ0v) is 20.6. The molecular weight excluding hydrogens is 450 g/mol. The zero-order chi connectivity index (χ0) is 23.8. The average Bonchev–Trinajstić information content (AvgIpc) is 3.34. The van der Waals surface area contributed by atoms with Crippen LogP contribution >= 0.6 is 11.3 Å². The number of thiazole rings is 1. The van der Waals surface area contributed by atoms with Crippen LogP contribution in [0.5, 0.6) is 6.01 Å². The minimum Gasteiger partial charge on any atom is -0.467 e. The first-order chi connectivity index (χ1) is 16.7. The van der Waals surface area contributed by atoms with Crippen molar-refractivity contribution in [3.8, 4) is 6.01 Å². The highest BCUT2D eigenvalue weighted by molar-refractivity contribution is 7.09. The lowest BCUT2D eigenvalue weighted by atomic mass is 9.99. The van der Waals surface area contributed by atoms with E-state index in [1.165, 1.54) is 19.1 Å². The Morgan fingerprint density at radius 2 is 1.94 bits per heavy atom. The molecule has 4 heterocycles. The van der Waals surface area contributed by atoms with Crippen LogP contribution in [0.15, 0.2) is 29.9 Å². The summed E-state index contributed by atoms with van der Waals surface area (Å²) in [6.07, 6.45) is 9.81. The van der Waals surface area contributed by atoms with Crippen molar-refractivity contribution in [3.05, 3.63) is 57.4 Å². The quantitative estimate of drug-likeness (QED) is 0.319. The Balaban J connectivity index is 1.35. The fourth-order valence-electron chi connectivity index (χ4n) is 4.06. The van der Waals surface area contributed by atoms with Crippen molar-refractivity contribution in [2.75, 3.05) is 25.6 Å². The van der Waals surface area contributed by atoms with Crippen molar-refractivity contribution in [2.24, 2.45) is 0 Å². The van der Waals surface area contributed by atoms with Crippen molar-refractivity contribution in [1.82, 2.24) is 19.9 Å². The Kier molecular flexibility index (Phi) is 8.41. The summed E-state index contributed by atoms with van der Waals surface area (Å²) in [5, 5.41) is 6.36. The lowest BCUT2D eigenvalue weighted by Crippen LogP contribution is -2.14. The first kappa shape index (κ1) is 24.1. The number of aryl methyl sites for hydroxylation is 3. The first-order valence-electron chi connectivity index (χ1n) is 11.8. The van der Waals surface area contributed by atoms with E-state index in [4.69, 9.17) is 19.4 Å². The Labute approximate surface area is 204 Å². The van der Waals surface area contributed by atoms with Crippen LogP contribution in [0.4, 0.5) is 5.82 Å². The second-order valence-electron chi connectivity index (χ2n) is 8.29. The van der Waals surface area contributed by atoms with E-state index in [1.54, 1.807) is 30.7 Å². The van der Waals surface area contributed by atoms with E-state index in [9.17, 15) is 4.79 Å². The van der Waals surface area contributed by atoms with Gasteiger partial charge in [-0.15, -0.1) is 11.3 Å². The third kappa shape index (κ3) is 6.28. The molecule has 1 N–H and O–H groups in total. The number of fused-ring (bicyclic) bond motifs is 1. The molecule has 1 unspecified atom stereocenters. The van der Waals surface area contributed by atoms with Gasteiger partial charge in [0.25, 0.3) is 0 Å². The number of hydrogen-bond donors (Lipinski definition) is 1. The second-order valence-corrected chi connectivity index (χ2v) is 9.18. The molecule has 0 radical (unpaired) electrons. The maximum absolute atomic E-state index is 12.2. The molecule has 8 nitrogen and oxygen atoms in total. The van der Waals surface area contributed by atoms with Gasteiger partial charge >= 0.3 is 12.0 Å². The molecule has 180 valence electrons. The normalized spacial score (nSPS) is 13.6. The van der Waals surface area contributed by atoms with Crippen LogP contribution in [0.1, 0.15) is 66.0 Å².